The average molecular weight is 397 g/mol. The number of carbonyl (C=O) groups excluding carboxylic acids is 1. The van der Waals surface area contributed by atoms with Crippen LogP contribution in [-0.2, 0) is 17.1 Å². The van der Waals surface area contributed by atoms with Crippen molar-refractivity contribution in [1.29, 1.82) is 5.26 Å². The van der Waals surface area contributed by atoms with Gasteiger partial charge in [0.1, 0.15) is 22.4 Å². The van der Waals surface area contributed by atoms with Gasteiger partial charge in [0.15, 0.2) is 0 Å². The lowest BCUT2D eigenvalue weighted by atomic mass is 10.2. The Morgan fingerprint density at radius 1 is 1.41 bits per heavy atom. The molecule has 0 aliphatic heterocycles. The maximum absolute atomic E-state index is 13.3. The van der Waals surface area contributed by atoms with Gasteiger partial charge in [0, 0.05) is 32.1 Å². The first-order valence-corrected chi connectivity index (χ1v) is 9.16. The van der Waals surface area contributed by atoms with Crippen LogP contribution < -0.4 is 10.0 Å². The Hall–Kier alpha value is -2.84. The molecule has 0 fully saturated rings. The van der Waals surface area contributed by atoms with Crippen molar-refractivity contribution in [3.05, 3.63) is 42.0 Å². The number of nitriles is 1. The van der Waals surface area contributed by atoms with Crippen LogP contribution >= 0.6 is 0 Å². The highest BCUT2D eigenvalue weighted by Crippen LogP contribution is 2.21. The summed E-state index contributed by atoms with van der Waals surface area (Å²) in [5, 5.41) is 11.3. The second-order valence-corrected chi connectivity index (χ2v) is 7.68. The molecule has 0 unspecified atom stereocenters. The summed E-state index contributed by atoms with van der Waals surface area (Å²) in [4.78, 5) is 15.8. The highest BCUT2D eigenvalue weighted by Gasteiger charge is 2.34. The van der Waals surface area contributed by atoms with Crippen molar-refractivity contribution in [1.82, 2.24) is 14.3 Å². The number of carbonyl (C=O) groups is 1. The molecule has 0 aliphatic rings. The predicted octanol–water partition coefficient (Wildman–Crippen LogP) is 1.87. The zero-order valence-corrected chi connectivity index (χ0v) is 15.5. The van der Waals surface area contributed by atoms with E-state index in [1.807, 2.05) is 10.8 Å². The number of hydrogen-bond donors (Lipinski definition) is 2. The highest BCUT2D eigenvalue weighted by atomic mass is 32.2. The minimum absolute atomic E-state index is 0.0124. The molecule has 1 amide bonds. The van der Waals surface area contributed by atoms with Gasteiger partial charge in [0.25, 0.3) is 11.8 Å². The normalized spacial score (nSPS) is 13.0. The largest absolute Gasteiger partial charge is 0.345 e. The molecule has 0 spiro atoms. The summed E-state index contributed by atoms with van der Waals surface area (Å²) >= 11 is 0. The van der Waals surface area contributed by atoms with Crippen LogP contribution in [0.25, 0.3) is 0 Å². The maximum Gasteiger partial charge on any atom is 0.272 e. The zero-order chi connectivity index (χ0) is 20.4. The van der Waals surface area contributed by atoms with Gasteiger partial charge in [-0.15, -0.1) is 0 Å². The molecule has 1 atom stereocenters. The number of aromatic nitrogens is 2. The molecule has 2 aromatic heterocycles. The molecule has 2 N–H and O–H groups in total. The number of sulfonamides is 1. The van der Waals surface area contributed by atoms with E-state index < -0.39 is 27.9 Å². The lowest BCUT2D eigenvalue weighted by molar-refractivity contribution is -0.00488. The van der Waals surface area contributed by atoms with E-state index in [0.717, 1.165) is 19.2 Å². The topological polar surface area (TPSA) is 117 Å². The molecule has 2 heterocycles. The fourth-order valence-corrected chi connectivity index (χ4v) is 3.45. The van der Waals surface area contributed by atoms with Crippen molar-refractivity contribution in [2.24, 2.45) is 7.05 Å². The number of hydrogen-bond acceptors (Lipinski definition) is 5. The number of alkyl halides is 2. The number of pyridine rings is 1. The van der Waals surface area contributed by atoms with Gasteiger partial charge in [-0.1, -0.05) is 0 Å². The molecule has 0 bridgehead atoms. The third-order valence-corrected chi connectivity index (χ3v) is 5.26. The second-order valence-electron chi connectivity index (χ2n) is 5.97. The van der Waals surface area contributed by atoms with Gasteiger partial charge in [0.05, 0.1) is 6.04 Å². The quantitative estimate of drug-likeness (QED) is 0.772. The number of nitrogens with one attached hydrogen (secondary N) is 2. The van der Waals surface area contributed by atoms with Crippen LogP contribution in [0.3, 0.4) is 0 Å². The summed E-state index contributed by atoms with van der Waals surface area (Å²) in [5.74, 6) is -3.88. The number of rotatable bonds is 6. The average Bonchev–Trinajstić information content (AvgIpc) is 2.96. The molecule has 144 valence electrons. The molecule has 0 aromatic carbocycles. The van der Waals surface area contributed by atoms with E-state index in [4.69, 9.17) is 5.26 Å². The fourth-order valence-electron chi connectivity index (χ4n) is 2.08. The molecule has 0 saturated heterocycles. The van der Waals surface area contributed by atoms with E-state index >= 15 is 0 Å². The van der Waals surface area contributed by atoms with Gasteiger partial charge >= 0.3 is 0 Å². The zero-order valence-electron chi connectivity index (χ0n) is 14.7. The summed E-state index contributed by atoms with van der Waals surface area (Å²) in [5.41, 5.74) is 0.387. The van der Waals surface area contributed by atoms with E-state index in [1.54, 1.807) is 0 Å². The van der Waals surface area contributed by atoms with Crippen molar-refractivity contribution >= 4 is 21.6 Å². The lowest BCUT2D eigenvalue weighted by Crippen LogP contribution is -2.43. The van der Waals surface area contributed by atoms with Crippen molar-refractivity contribution in [3.8, 4) is 6.07 Å². The number of amides is 1. The van der Waals surface area contributed by atoms with Crippen molar-refractivity contribution in [2.75, 3.05) is 5.32 Å². The van der Waals surface area contributed by atoms with Gasteiger partial charge in [-0.2, -0.15) is 5.26 Å². The molecular formula is C16H17F2N5O3S. The third-order valence-electron chi connectivity index (χ3n) is 3.75. The van der Waals surface area contributed by atoms with Crippen LogP contribution in [0, 0.1) is 11.3 Å². The first-order chi connectivity index (χ1) is 12.4. The Morgan fingerprint density at radius 3 is 2.67 bits per heavy atom. The SMILES string of the molecule is C[C@@H](NS(=O)(=O)c1cc(C(=O)Nc2ccnc(C#N)c2)n(C)c1)C(C)(F)F. The van der Waals surface area contributed by atoms with Crippen LogP contribution in [0.4, 0.5) is 14.5 Å². The van der Waals surface area contributed by atoms with Crippen molar-refractivity contribution < 1.29 is 22.0 Å². The van der Waals surface area contributed by atoms with E-state index in [2.05, 4.69) is 10.3 Å². The van der Waals surface area contributed by atoms with Crippen LogP contribution in [-0.4, -0.2) is 35.8 Å². The highest BCUT2D eigenvalue weighted by molar-refractivity contribution is 7.89. The standard InChI is InChI=1S/C16H17F2N5O3S/c1-10(16(2,17)18)22-27(25,26)13-7-14(23(3)9-13)15(24)21-11-4-5-20-12(6-11)8-19/h4-7,9-10,22H,1-3H3,(H,20,21,24)/t10-/m1/s1. The number of nitrogens with zero attached hydrogens (tertiary/aromatic N) is 3. The summed E-state index contributed by atoms with van der Waals surface area (Å²) in [7, 11) is -2.80. The number of aryl methyl sites for hydroxylation is 1. The van der Waals surface area contributed by atoms with Crippen LogP contribution in [0.2, 0.25) is 0 Å². The number of anilines is 1. The molecule has 8 nitrogen and oxygen atoms in total. The molecule has 0 radical (unpaired) electrons. The monoisotopic (exact) mass is 397 g/mol. The summed E-state index contributed by atoms with van der Waals surface area (Å²) in [6.45, 7) is 1.65. The Balaban J connectivity index is 2.25. The number of halogens is 2. The Kier molecular flexibility index (Phi) is 5.62. The van der Waals surface area contributed by atoms with Gasteiger partial charge in [-0.25, -0.2) is 26.9 Å². The Morgan fingerprint density at radius 2 is 2.07 bits per heavy atom. The van der Waals surface area contributed by atoms with Crippen molar-refractivity contribution in [2.45, 2.75) is 30.7 Å². The molecule has 2 aromatic rings. The van der Waals surface area contributed by atoms with Gasteiger partial charge < -0.3 is 9.88 Å². The molecule has 2 rings (SSSR count). The summed E-state index contributed by atoms with van der Waals surface area (Å²) in [6.07, 6.45) is 2.48. The third kappa shape index (κ3) is 4.87. The van der Waals surface area contributed by atoms with Crippen LogP contribution in [0.15, 0.2) is 35.5 Å². The Bertz CT molecular complexity index is 1010. The maximum atomic E-state index is 13.3. The first kappa shape index (κ1) is 20.5. The second kappa shape index (κ2) is 7.42. The van der Waals surface area contributed by atoms with Crippen LogP contribution in [0.1, 0.15) is 30.0 Å². The fraction of sp³-hybridized carbons (Fsp3) is 0.312. The van der Waals surface area contributed by atoms with E-state index in [0.29, 0.717) is 12.6 Å². The molecule has 11 heteroatoms. The van der Waals surface area contributed by atoms with Gasteiger partial charge in [0.2, 0.25) is 10.0 Å². The minimum Gasteiger partial charge on any atom is -0.345 e. The molecular weight excluding hydrogens is 380 g/mol. The van der Waals surface area contributed by atoms with E-state index in [1.165, 1.54) is 29.9 Å². The van der Waals surface area contributed by atoms with Gasteiger partial charge in [-0.3, -0.25) is 4.79 Å². The smallest absolute Gasteiger partial charge is 0.272 e. The summed E-state index contributed by atoms with van der Waals surface area (Å²) < 4.78 is 54.2. The van der Waals surface area contributed by atoms with E-state index in [-0.39, 0.29) is 16.3 Å². The lowest BCUT2D eigenvalue weighted by Gasteiger charge is -2.20. The Labute approximate surface area is 154 Å². The molecule has 0 aliphatic carbocycles. The summed E-state index contributed by atoms with van der Waals surface area (Å²) in [6, 6.07) is 4.10. The molecule has 0 saturated carbocycles. The van der Waals surface area contributed by atoms with E-state index in [9.17, 15) is 22.0 Å². The first-order valence-electron chi connectivity index (χ1n) is 7.68. The van der Waals surface area contributed by atoms with Crippen LogP contribution in [0.5, 0.6) is 0 Å². The molecule has 27 heavy (non-hydrogen) atoms. The van der Waals surface area contributed by atoms with Gasteiger partial charge in [-0.05, 0) is 25.1 Å². The van der Waals surface area contributed by atoms with Crippen molar-refractivity contribution in [3.63, 3.8) is 0 Å². The minimum atomic E-state index is -4.25. The predicted molar refractivity (Wildman–Crippen MR) is 92.7 cm³/mol.